The highest BCUT2D eigenvalue weighted by molar-refractivity contribution is 5.82. The van der Waals surface area contributed by atoms with Crippen LogP contribution < -0.4 is 0 Å². The fourth-order valence-corrected chi connectivity index (χ4v) is 2.20. The molecule has 16 heavy (non-hydrogen) atoms. The van der Waals surface area contributed by atoms with Crippen molar-refractivity contribution in [3.63, 3.8) is 0 Å². The van der Waals surface area contributed by atoms with Gasteiger partial charge in [0.2, 0.25) is 0 Å². The molecule has 0 saturated carbocycles. The van der Waals surface area contributed by atoms with E-state index in [0.717, 1.165) is 0 Å². The Labute approximate surface area is 93.5 Å². The molecule has 1 aromatic carbocycles. The number of aromatic hydroxyl groups is 1. The summed E-state index contributed by atoms with van der Waals surface area (Å²) in [4.78, 5) is 11.5. The van der Waals surface area contributed by atoms with Crippen LogP contribution in [0, 0.1) is 0 Å². The molecule has 0 unspecified atom stereocenters. The van der Waals surface area contributed by atoms with Gasteiger partial charge in [0.05, 0.1) is 0 Å². The third kappa shape index (κ3) is 1.65. The van der Waals surface area contributed by atoms with Gasteiger partial charge in [0.1, 0.15) is 11.2 Å². The van der Waals surface area contributed by atoms with Crippen molar-refractivity contribution < 1.29 is 19.7 Å². The molecular weight excluding hydrogens is 208 g/mol. The topological polar surface area (TPSA) is 66.8 Å². The molecule has 0 atom stereocenters. The average Bonchev–Trinajstić information content (AvgIpc) is 2.30. The number of rotatable bonds is 2. The van der Waals surface area contributed by atoms with Crippen molar-refractivity contribution in [1.82, 2.24) is 0 Å². The van der Waals surface area contributed by atoms with Crippen LogP contribution in [-0.4, -0.2) is 29.4 Å². The van der Waals surface area contributed by atoms with E-state index in [0.29, 0.717) is 31.6 Å². The van der Waals surface area contributed by atoms with Gasteiger partial charge in [-0.15, -0.1) is 0 Å². The van der Waals surface area contributed by atoms with Gasteiger partial charge >= 0.3 is 5.97 Å². The summed E-state index contributed by atoms with van der Waals surface area (Å²) < 4.78 is 5.19. The van der Waals surface area contributed by atoms with Gasteiger partial charge in [-0.1, -0.05) is 18.2 Å². The van der Waals surface area contributed by atoms with Crippen molar-refractivity contribution in [3.8, 4) is 5.75 Å². The Balaban J connectivity index is 2.47. The van der Waals surface area contributed by atoms with Crippen LogP contribution in [0.2, 0.25) is 0 Å². The van der Waals surface area contributed by atoms with Gasteiger partial charge < -0.3 is 14.9 Å². The second kappa shape index (κ2) is 4.14. The predicted molar refractivity (Wildman–Crippen MR) is 57.5 cm³/mol. The minimum Gasteiger partial charge on any atom is -0.508 e. The number of hydrogen-bond acceptors (Lipinski definition) is 3. The number of aliphatic carboxylic acids is 1. The van der Waals surface area contributed by atoms with E-state index in [4.69, 9.17) is 4.74 Å². The third-order valence-corrected chi connectivity index (χ3v) is 3.18. The van der Waals surface area contributed by atoms with E-state index in [1.54, 1.807) is 18.2 Å². The number of carboxylic acid groups (broad SMARTS) is 1. The highest BCUT2D eigenvalue weighted by atomic mass is 16.5. The van der Waals surface area contributed by atoms with E-state index in [1.165, 1.54) is 6.07 Å². The van der Waals surface area contributed by atoms with Crippen molar-refractivity contribution in [1.29, 1.82) is 0 Å². The molecule has 0 amide bonds. The number of ether oxygens (including phenoxy) is 1. The number of benzene rings is 1. The van der Waals surface area contributed by atoms with Gasteiger partial charge in [-0.05, 0) is 18.9 Å². The number of carbonyl (C=O) groups is 1. The standard InChI is InChI=1S/C12H14O4/c13-10-4-2-1-3-9(10)12(11(14)15)5-7-16-8-6-12/h1-4,13H,5-8H2,(H,14,15). The van der Waals surface area contributed by atoms with Gasteiger partial charge in [0, 0.05) is 18.8 Å². The Kier molecular flexibility index (Phi) is 2.83. The number of carboxylic acids is 1. The monoisotopic (exact) mass is 222 g/mol. The average molecular weight is 222 g/mol. The van der Waals surface area contributed by atoms with E-state index in [-0.39, 0.29) is 5.75 Å². The molecule has 1 aliphatic rings. The normalized spacial score (nSPS) is 19.2. The first-order valence-electron chi connectivity index (χ1n) is 5.26. The van der Waals surface area contributed by atoms with E-state index in [1.807, 2.05) is 0 Å². The molecule has 1 aliphatic heterocycles. The number of phenols is 1. The molecule has 1 fully saturated rings. The highest BCUT2D eigenvalue weighted by Crippen LogP contribution is 2.39. The first kappa shape index (κ1) is 11.0. The van der Waals surface area contributed by atoms with Crippen LogP contribution in [-0.2, 0) is 14.9 Å². The second-order valence-electron chi connectivity index (χ2n) is 4.02. The summed E-state index contributed by atoms with van der Waals surface area (Å²) in [6.07, 6.45) is 0.805. The maximum Gasteiger partial charge on any atom is 0.314 e. The lowest BCUT2D eigenvalue weighted by molar-refractivity contribution is -0.147. The Morgan fingerprint density at radius 1 is 1.25 bits per heavy atom. The van der Waals surface area contributed by atoms with Crippen molar-refractivity contribution in [2.24, 2.45) is 0 Å². The maximum atomic E-state index is 11.5. The molecular formula is C12H14O4. The Morgan fingerprint density at radius 3 is 2.44 bits per heavy atom. The van der Waals surface area contributed by atoms with Gasteiger partial charge in [-0.2, -0.15) is 0 Å². The van der Waals surface area contributed by atoms with Crippen molar-refractivity contribution in [3.05, 3.63) is 29.8 Å². The minimum absolute atomic E-state index is 0.0480. The van der Waals surface area contributed by atoms with Crippen LogP contribution >= 0.6 is 0 Å². The molecule has 86 valence electrons. The summed E-state index contributed by atoms with van der Waals surface area (Å²) in [5.41, 5.74) is -0.505. The van der Waals surface area contributed by atoms with E-state index in [9.17, 15) is 15.0 Å². The number of para-hydroxylation sites is 1. The molecule has 1 heterocycles. The molecule has 2 N–H and O–H groups in total. The Bertz CT molecular complexity index is 394. The first-order chi connectivity index (χ1) is 7.67. The zero-order valence-corrected chi connectivity index (χ0v) is 8.85. The molecule has 0 bridgehead atoms. The van der Waals surface area contributed by atoms with Crippen LogP contribution in [0.3, 0.4) is 0 Å². The maximum absolute atomic E-state index is 11.5. The Morgan fingerprint density at radius 2 is 1.88 bits per heavy atom. The smallest absolute Gasteiger partial charge is 0.314 e. The van der Waals surface area contributed by atoms with Crippen LogP contribution in [0.25, 0.3) is 0 Å². The fraction of sp³-hybridized carbons (Fsp3) is 0.417. The number of hydrogen-bond donors (Lipinski definition) is 2. The Hall–Kier alpha value is -1.55. The van der Waals surface area contributed by atoms with E-state index in [2.05, 4.69) is 0 Å². The summed E-state index contributed by atoms with van der Waals surface area (Å²) in [7, 11) is 0. The quantitative estimate of drug-likeness (QED) is 0.796. The second-order valence-corrected chi connectivity index (χ2v) is 4.02. The zero-order valence-electron chi connectivity index (χ0n) is 8.85. The highest BCUT2D eigenvalue weighted by Gasteiger charge is 2.43. The molecule has 4 heteroatoms. The summed E-state index contributed by atoms with van der Waals surface area (Å²) in [6.45, 7) is 0.835. The van der Waals surface area contributed by atoms with Gasteiger partial charge in [0.25, 0.3) is 0 Å². The summed E-state index contributed by atoms with van der Waals surface area (Å²) in [6, 6.07) is 6.63. The first-order valence-corrected chi connectivity index (χ1v) is 5.26. The predicted octanol–water partition coefficient (Wildman–Crippen LogP) is 1.52. The van der Waals surface area contributed by atoms with Crippen LogP contribution in [0.4, 0.5) is 0 Å². The lowest BCUT2D eigenvalue weighted by atomic mass is 9.74. The molecule has 2 rings (SSSR count). The van der Waals surface area contributed by atoms with Crippen molar-refractivity contribution >= 4 is 5.97 Å². The molecule has 1 aromatic rings. The SMILES string of the molecule is O=C(O)C1(c2ccccc2O)CCOCC1. The van der Waals surface area contributed by atoms with E-state index >= 15 is 0 Å². The van der Waals surface area contributed by atoms with Crippen LogP contribution in [0.1, 0.15) is 18.4 Å². The molecule has 0 spiro atoms. The summed E-state index contributed by atoms with van der Waals surface area (Å²) >= 11 is 0. The zero-order chi connectivity index (χ0) is 11.6. The largest absolute Gasteiger partial charge is 0.508 e. The molecule has 0 radical (unpaired) electrons. The van der Waals surface area contributed by atoms with Crippen LogP contribution in [0.15, 0.2) is 24.3 Å². The lowest BCUT2D eigenvalue weighted by Gasteiger charge is -2.33. The van der Waals surface area contributed by atoms with Gasteiger partial charge in [0.15, 0.2) is 0 Å². The van der Waals surface area contributed by atoms with Crippen LogP contribution in [0.5, 0.6) is 5.75 Å². The summed E-state index contributed by atoms with van der Waals surface area (Å²) in [5.74, 6) is -0.843. The van der Waals surface area contributed by atoms with E-state index < -0.39 is 11.4 Å². The van der Waals surface area contributed by atoms with Crippen molar-refractivity contribution in [2.75, 3.05) is 13.2 Å². The van der Waals surface area contributed by atoms with Crippen molar-refractivity contribution in [2.45, 2.75) is 18.3 Å². The molecule has 4 nitrogen and oxygen atoms in total. The van der Waals surface area contributed by atoms with Gasteiger partial charge in [-0.25, -0.2) is 0 Å². The van der Waals surface area contributed by atoms with Gasteiger partial charge in [-0.3, -0.25) is 4.79 Å². The third-order valence-electron chi connectivity index (χ3n) is 3.18. The number of phenolic OH excluding ortho intramolecular Hbond substituents is 1. The molecule has 0 aliphatic carbocycles. The minimum atomic E-state index is -0.996. The molecule has 1 saturated heterocycles. The lowest BCUT2D eigenvalue weighted by Crippen LogP contribution is -2.41. The summed E-state index contributed by atoms with van der Waals surface area (Å²) in [5, 5.41) is 19.2. The fourth-order valence-electron chi connectivity index (χ4n) is 2.20. The molecule has 0 aromatic heterocycles.